The van der Waals surface area contributed by atoms with Crippen LogP contribution in [0.1, 0.15) is 36.8 Å². The summed E-state index contributed by atoms with van der Waals surface area (Å²) < 4.78 is 63.2. The minimum Gasteiger partial charge on any atom is -0.493 e. The number of methoxy groups -OCH3 is 2. The molecule has 218 valence electrons. The topological polar surface area (TPSA) is 92.3 Å². The molecule has 0 unspecified atom stereocenters. The van der Waals surface area contributed by atoms with Gasteiger partial charge < -0.3 is 18.6 Å². The van der Waals surface area contributed by atoms with Gasteiger partial charge in [0.25, 0.3) is 5.56 Å². The van der Waals surface area contributed by atoms with Crippen molar-refractivity contribution in [1.29, 1.82) is 0 Å². The maximum atomic E-state index is 13.8. The summed E-state index contributed by atoms with van der Waals surface area (Å²) >= 11 is 1.09. The van der Waals surface area contributed by atoms with Crippen molar-refractivity contribution in [3.8, 4) is 22.8 Å². The fourth-order valence-electron chi connectivity index (χ4n) is 4.69. The lowest BCUT2D eigenvalue weighted by Gasteiger charge is -2.25. The van der Waals surface area contributed by atoms with E-state index in [0.29, 0.717) is 27.6 Å². The van der Waals surface area contributed by atoms with Gasteiger partial charge in [0.15, 0.2) is 16.3 Å². The number of benzene rings is 2. The lowest BCUT2D eigenvalue weighted by Crippen LogP contribution is -2.39. The summed E-state index contributed by atoms with van der Waals surface area (Å²) in [4.78, 5) is 31.8. The summed E-state index contributed by atoms with van der Waals surface area (Å²) in [5.41, 5.74) is 0.175. The highest BCUT2D eigenvalue weighted by atomic mass is 32.1. The molecule has 1 atom stereocenters. The lowest BCUT2D eigenvalue weighted by molar-refractivity contribution is -0.139. The van der Waals surface area contributed by atoms with Crippen LogP contribution in [0.15, 0.2) is 80.1 Å². The number of hydrogen-bond donors (Lipinski definition) is 0. The van der Waals surface area contributed by atoms with Gasteiger partial charge in [0.2, 0.25) is 0 Å². The predicted molar refractivity (Wildman–Crippen MR) is 149 cm³/mol. The summed E-state index contributed by atoms with van der Waals surface area (Å²) in [7, 11) is 2.99. The number of carbonyl (C=O) groups is 1. The Balaban J connectivity index is 1.63. The van der Waals surface area contributed by atoms with Gasteiger partial charge in [-0.05, 0) is 55.8 Å². The first kappa shape index (κ1) is 28.9. The summed E-state index contributed by atoms with van der Waals surface area (Å²) in [6.07, 6.45) is -3.00. The van der Waals surface area contributed by atoms with E-state index in [2.05, 4.69) is 4.99 Å². The molecule has 3 heterocycles. The maximum Gasteiger partial charge on any atom is 0.416 e. The molecule has 0 radical (unpaired) electrons. The molecule has 8 nitrogen and oxygen atoms in total. The number of alkyl halides is 3. The minimum atomic E-state index is -4.50. The van der Waals surface area contributed by atoms with E-state index < -0.39 is 29.3 Å². The van der Waals surface area contributed by atoms with Crippen molar-refractivity contribution < 1.29 is 36.6 Å². The Labute approximate surface area is 241 Å². The van der Waals surface area contributed by atoms with Crippen molar-refractivity contribution >= 4 is 23.4 Å². The Morgan fingerprint density at radius 1 is 1.10 bits per heavy atom. The number of nitrogens with zero attached hydrogens (tertiary/aromatic N) is 2. The number of rotatable bonds is 7. The van der Waals surface area contributed by atoms with E-state index in [4.69, 9.17) is 18.6 Å². The van der Waals surface area contributed by atoms with Crippen molar-refractivity contribution in [1.82, 2.24) is 4.57 Å². The summed E-state index contributed by atoms with van der Waals surface area (Å²) in [6.45, 7) is 3.49. The number of esters is 1. The predicted octanol–water partition coefficient (Wildman–Crippen LogP) is 5.09. The minimum absolute atomic E-state index is 0.130. The molecule has 0 fully saturated rings. The third kappa shape index (κ3) is 5.37. The van der Waals surface area contributed by atoms with Crippen LogP contribution in [0.25, 0.3) is 17.4 Å². The first-order valence-corrected chi connectivity index (χ1v) is 13.6. The van der Waals surface area contributed by atoms with Crippen molar-refractivity contribution in [2.24, 2.45) is 4.99 Å². The zero-order chi connectivity index (χ0) is 30.2. The summed E-state index contributed by atoms with van der Waals surface area (Å²) in [6, 6.07) is 12.1. The standard InChI is InChI=1S/C30H25F3N2O6S/c1-5-40-28(37)25-16(2)34-29-35(26(25)18-9-11-22(38-3)23(14-18)39-4)27(36)24(42-29)15-20-10-12-21(41-20)17-7-6-8-19(13-17)30(31,32)33/h6-15,26H,5H2,1-4H3/t26-/m1/s1. The number of ether oxygens (including phenoxy) is 3. The van der Waals surface area contributed by atoms with Gasteiger partial charge in [-0.3, -0.25) is 9.36 Å². The number of hydrogen-bond acceptors (Lipinski definition) is 8. The van der Waals surface area contributed by atoms with Gasteiger partial charge >= 0.3 is 12.1 Å². The Hall–Kier alpha value is -4.58. The van der Waals surface area contributed by atoms with E-state index in [1.165, 1.54) is 43.1 Å². The summed E-state index contributed by atoms with van der Waals surface area (Å²) in [5, 5.41) is 0. The number of carbonyl (C=O) groups excluding carboxylic acids is 1. The average molecular weight is 599 g/mol. The van der Waals surface area contributed by atoms with Crippen LogP contribution in [0, 0.1) is 0 Å². The second-order valence-electron chi connectivity index (χ2n) is 9.20. The number of halogens is 3. The van der Waals surface area contributed by atoms with Crippen LogP contribution >= 0.6 is 11.3 Å². The number of aromatic nitrogens is 1. The highest BCUT2D eigenvalue weighted by molar-refractivity contribution is 7.07. The fraction of sp³-hybridized carbons (Fsp3) is 0.233. The molecule has 2 aromatic carbocycles. The van der Waals surface area contributed by atoms with Gasteiger partial charge in [-0.15, -0.1) is 0 Å². The summed E-state index contributed by atoms with van der Waals surface area (Å²) in [5.74, 6) is 0.749. The maximum absolute atomic E-state index is 13.8. The molecule has 0 saturated carbocycles. The molecule has 0 N–H and O–H groups in total. The van der Waals surface area contributed by atoms with Crippen molar-refractivity contribution in [2.75, 3.05) is 20.8 Å². The molecule has 0 bridgehead atoms. The zero-order valence-corrected chi connectivity index (χ0v) is 23.8. The molecule has 42 heavy (non-hydrogen) atoms. The normalized spacial score (nSPS) is 15.3. The Morgan fingerprint density at radius 3 is 2.55 bits per heavy atom. The van der Waals surface area contributed by atoms with Crippen molar-refractivity contribution in [3.63, 3.8) is 0 Å². The van der Waals surface area contributed by atoms with Gasteiger partial charge in [0, 0.05) is 11.6 Å². The van der Waals surface area contributed by atoms with E-state index in [0.717, 1.165) is 23.5 Å². The highest BCUT2D eigenvalue weighted by Gasteiger charge is 2.34. The number of thiazole rings is 1. The second-order valence-corrected chi connectivity index (χ2v) is 10.2. The molecular weight excluding hydrogens is 573 g/mol. The molecule has 1 aliphatic rings. The van der Waals surface area contributed by atoms with Gasteiger partial charge in [0.1, 0.15) is 11.5 Å². The van der Waals surface area contributed by atoms with Crippen LogP contribution < -0.4 is 24.4 Å². The molecule has 4 aromatic rings. The third-order valence-corrected chi connectivity index (χ3v) is 7.60. The zero-order valence-electron chi connectivity index (χ0n) is 22.9. The third-order valence-electron chi connectivity index (χ3n) is 6.61. The number of allylic oxidation sites excluding steroid dienone is 1. The molecule has 0 spiro atoms. The molecule has 12 heteroatoms. The Bertz CT molecular complexity index is 1880. The number of furan rings is 1. The fourth-order valence-corrected chi connectivity index (χ4v) is 5.72. The highest BCUT2D eigenvalue weighted by Crippen LogP contribution is 2.36. The van der Waals surface area contributed by atoms with E-state index in [1.54, 1.807) is 38.1 Å². The molecule has 5 rings (SSSR count). The molecule has 0 saturated heterocycles. The number of fused-ring (bicyclic) bond motifs is 1. The van der Waals surface area contributed by atoms with Crippen LogP contribution in [0.3, 0.4) is 0 Å². The van der Waals surface area contributed by atoms with Gasteiger partial charge in [-0.25, -0.2) is 9.79 Å². The van der Waals surface area contributed by atoms with Crippen LogP contribution in [-0.4, -0.2) is 31.4 Å². The molecule has 0 amide bonds. The average Bonchev–Trinajstić information content (AvgIpc) is 3.55. The van der Waals surface area contributed by atoms with Gasteiger partial charge in [-0.1, -0.05) is 29.5 Å². The van der Waals surface area contributed by atoms with Crippen LogP contribution in [0.5, 0.6) is 11.5 Å². The van der Waals surface area contributed by atoms with E-state index >= 15 is 0 Å². The van der Waals surface area contributed by atoms with Crippen molar-refractivity contribution in [2.45, 2.75) is 26.1 Å². The van der Waals surface area contributed by atoms with Crippen LogP contribution in [0.2, 0.25) is 0 Å². The SMILES string of the molecule is CCOC(=O)C1=C(C)N=c2sc(=Cc3ccc(-c4cccc(C(F)(F)F)c4)o3)c(=O)n2[C@@H]1c1ccc(OC)c(OC)c1. The van der Waals surface area contributed by atoms with Gasteiger partial charge in [0.05, 0.1) is 48.2 Å². The monoisotopic (exact) mass is 598 g/mol. The Kier molecular flexibility index (Phi) is 7.83. The quantitative estimate of drug-likeness (QED) is 0.275. The first-order valence-electron chi connectivity index (χ1n) is 12.7. The van der Waals surface area contributed by atoms with E-state index in [-0.39, 0.29) is 33.8 Å². The molecule has 1 aliphatic heterocycles. The molecule has 0 aliphatic carbocycles. The molecule has 2 aromatic heterocycles. The first-order chi connectivity index (χ1) is 20.0. The van der Waals surface area contributed by atoms with Crippen molar-refractivity contribution in [3.05, 3.63) is 102 Å². The Morgan fingerprint density at radius 2 is 1.86 bits per heavy atom. The van der Waals surface area contributed by atoms with Crippen LogP contribution in [-0.2, 0) is 15.7 Å². The smallest absolute Gasteiger partial charge is 0.416 e. The second kappa shape index (κ2) is 11.4. The largest absolute Gasteiger partial charge is 0.493 e. The lowest BCUT2D eigenvalue weighted by atomic mass is 9.95. The van der Waals surface area contributed by atoms with Crippen LogP contribution in [0.4, 0.5) is 13.2 Å². The van der Waals surface area contributed by atoms with E-state index in [9.17, 15) is 22.8 Å². The van der Waals surface area contributed by atoms with Gasteiger partial charge in [-0.2, -0.15) is 13.2 Å². The molecular formula is C30H25F3N2O6S. The van der Waals surface area contributed by atoms with E-state index in [1.807, 2.05) is 0 Å².